The molecule has 1 aromatic heterocycles. The van der Waals surface area contributed by atoms with Gasteiger partial charge in [-0.15, -0.1) is 0 Å². The molecule has 0 saturated heterocycles. The third-order valence-corrected chi connectivity index (χ3v) is 4.10. The van der Waals surface area contributed by atoms with Gasteiger partial charge in [0.15, 0.2) is 0 Å². The van der Waals surface area contributed by atoms with E-state index >= 15 is 0 Å². The summed E-state index contributed by atoms with van der Waals surface area (Å²) in [5, 5.41) is 4.62. The molecule has 0 aliphatic heterocycles. The van der Waals surface area contributed by atoms with Crippen LogP contribution in [0.15, 0.2) is 54.6 Å². The van der Waals surface area contributed by atoms with Crippen LogP contribution < -0.4 is 9.47 Å². The Bertz CT molecular complexity index is 898. The number of carbonyl (C=O) groups is 1. The van der Waals surface area contributed by atoms with E-state index in [0.29, 0.717) is 17.2 Å². The van der Waals surface area contributed by atoms with Crippen LogP contribution in [0.5, 0.6) is 11.6 Å². The molecule has 1 heterocycles. The number of methoxy groups -OCH3 is 1. The molecule has 0 unspecified atom stereocenters. The van der Waals surface area contributed by atoms with E-state index in [4.69, 9.17) is 9.47 Å². The van der Waals surface area contributed by atoms with Crippen LogP contribution in [-0.4, -0.2) is 22.9 Å². The Balaban J connectivity index is 1.93. The van der Waals surface area contributed by atoms with E-state index < -0.39 is 5.97 Å². The third-order valence-electron chi connectivity index (χ3n) is 4.10. The zero-order valence-corrected chi connectivity index (χ0v) is 15.2. The molecule has 0 saturated carbocycles. The van der Waals surface area contributed by atoms with Crippen molar-refractivity contribution in [2.75, 3.05) is 7.11 Å². The largest absolute Gasteiger partial charge is 0.497 e. The van der Waals surface area contributed by atoms with E-state index in [0.717, 1.165) is 29.8 Å². The van der Waals surface area contributed by atoms with Crippen molar-refractivity contribution in [2.24, 2.45) is 0 Å². The van der Waals surface area contributed by atoms with Crippen LogP contribution in [0, 0.1) is 6.92 Å². The molecule has 0 aliphatic carbocycles. The number of benzene rings is 2. The van der Waals surface area contributed by atoms with Gasteiger partial charge in [-0.3, -0.25) is 0 Å². The summed E-state index contributed by atoms with van der Waals surface area (Å²) in [6, 6.07) is 16.5. The summed E-state index contributed by atoms with van der Waals surface area (Å²) in [4.78, 5) is 12.5. The predicted octanol–water partition coefficient (Wildman–Crippen LogP) is 4.36. The predicted molar refractivity (Wildman–Crippen MR) is 100 cm³/mol. The van der Waals surface area contributed by atoms with Crippen molar-refractivity contribution in [3.8, 4) is 17.3 Å². The van der Waals surface area contributed by atoms with E-state index in [1.54, 1.807) is 36.1 Å². The van der Waals surface area contributed by atoms with E-state index in [1.165, 1.54) is 0 Å². The number of rotatable bonds is 6. The summed E-state index contributed by atoms with van der Waals surface area (Å²) in [6.45, 7) is 4.10. The average Bonchev–Trinajstić information content (AvgIpc) is 3.04. The number of ether oxygens (including phenoxy) is 2. The van der Waals surface area contributed by atoms with Gasteiger partial charge in [-0.05, 0) is 49.2 Å². The lowest BCUT2D eigenvalue weighted by Gasteiger charge is -2.10. The number of carbonyl (C=O) groups excluding carboxylic acids is 1. The Morgan fingerprint density at radius 1 is 1.12 bits per heavy atom. The fourth-order valence-corrected chi connectivity index (χ4v) is 2.72. The molecule has 0 atom stereocenters. The van der Waals surface area contributed by atoms with Gasteiger partial charge in [-0.1, -0.05) is 31.5 Å². The molecule has 134 valence electrons. The summed E-state index contributed by atoms with van der Waals surface area (Å²) in [6.07, 6.45) is 1.79. The van der Waals surface area contributed by atoms with Gasteiger partial charge in [-0.25, -0.2) is 9.48 Å². The van der Waals surface area contributed by atoms with E-state index in [-0.39, 0.29) is 0 Å². The number of hydrogen-bond acceptors (Lipinski definition) is 4. The number of aromatic nitrogens is 2. The lowest BCUT2D eigenvalue weighted by Crippen LogP contribution is -2.12. The first-order valence-electron chi connectivity index (χ1n) is 8.63. The van der Waals surface area contributed by atoms with Gasteiger partial charge >= 0.3 is 5.97 Å². The van der Waals surface area contributed by atoms with Crippen LogP contribution in [-0.2, 0) is 6.42 Å². The highest BCUT2D eigenvalue weighted by Gasteiger charge is 2.17. The number of esters is 1. The van der Waals surface area contributed by atoms with E-state index in [1.807, 2.05) is 37.3 Å². The molecule has 0 N–H and O–H groups in total. The van der Waals surface area contributed by atoms with Crippen molar-refractivity contribution in [1.29, 1.82) is 0 Å². The number of nitrogens with zero attached hydrogens (tertiary/aromatic N) is 2. The first-order chi connectivity index (χ1) is 12.6. The first kappa shape index (κ1) is 17.7. The van der Waals surface area contributed by atoms with Crippen molar-refractivity contribution in [1.82, 2.24) is 9.78 Å². The Morgan fingerprint density at radius 2 is 1.85 bits per heavy atom. The van der Waals surface area contributed by atoms with Gasteiger partial charge < -0.3 is 9.47 Å². The zero-order valence-electron chi connectivity index (χ0n) is 15.2. The second-order valence-electron chi connectivity index (χ2n) is 6.04. The topological polar surface area (TPSA) is 53.4 Å². The summed E-state index contributed by atoms with van der Waals surface area (Å²) in [7, 11) is 1.59. The highest BCUT2D eigenvalue weighted by Crippen LogP contribution is 2.24. The van der Waals surface area contributed by atoms with Crippen LogP contribution in [0.2, 0.25) is 0 Å². The van der Waals surface area contributed by atoms with E-state index in [9.17, 15) is 4.79 Å². The van der Waals surface area contributed by atoms with Gasteiger partial charge in [0, 0.05) is 6.07 Å². The van der Waals surface area contributed by atoms with Crippen LogP contribution in [0.1, 0.15) is 35.0 Å². The second kappa shape index (κ2) is 7.87. The lowest BCUT2D eigenvalue weighted by molar-refractivity contribution is 0.0723. The molecule has 0 aliphatic rings. The fourth-order valence-electron chi connectivity index (χ4n) is 2.72. The van der Waals surface area contributed by atoms with Crippen LogP contribution in [0.25, 0.3) is 5.69 Å². The van der Waals surface area contributed by atoms with Gasteiger partial charge in [0.05, 0.1) is 24.1 Å². The van der Waals surface area contributed by atoms with Gasteiger partial charge in [0.2, 0.25) is 5.88 Å². The maximum absolute atomic E-state index is 12.5. The number of hydrogen-bond donors (Lipinski definition) is 0. The van der Waals surface area contributed by atoms with Crippen molar-refractivity contribution >= 4 is 5.97 Å². The maximum atomic E-state index is 12.5. The van der Waals surface area contributed by atoms with Gasteiger partial charge in [0.25, 0.3) is 0 Å². The molecular formula is C21H22N2O3. The molecule has 0 amide bonds. The van der Waals surface area contributed by atoms with Gasteiger partial charge in [-0.2, -0.15) is 5.10 Å². The van der Waals surface area contributed by atoms with Crippen LogP contribution in [0.3, 0.4) is 0 Å². The quantitative estimate of drug-likeness (QED) is 0.620. The third kappa shape index (κ3) is 3.77. The summed E-state index contributed by atoms with van der Waals surface area (Å²) in [5.41, 5.74) is 3.31. The average molecular weight is 350 g/mol. The number of aryl methyl sites for hydroxylation is 2. The Hall–Kier alpha value is -3.08. The minimum atomic E-state index is -0.426. The molecule has 5 heteroatoms. The molecule has 5 nitrogen and oxygen atoms in total. The zero-order chi connectivity index (χ0) is 18.5. The highest BCUT2D eigenvalue weighted by atomic mass is 16.5. The molecule has 3 rings (SSSR count). The normalized spacial score (nSPS) is 10.6. The lowest BCUT2D eigenvalue weighted by atomic mass is 10.2. The Morgan fingerprint density at radius 3 is 2.50 bits per heavy atom. The molecular weight excluding hydrogens is 328 g/mol. The molecule has 0 bridgehead atoms. The van der Waals surface area contributed by atoms with Crippen LogP contribution in [0.4, 0.5) is 0 Å². The van der Waals surface area contributed by atoms with E-state index in [2.05, 4.69) is 12.0 Å². The maximum Gasteiger partial charge on any atom is 0.344 e. The van der Waals surface area contributed by atoms with Crippen molar-refractivity contribution in [3.05, 3.63) is 71.4 Å². The highest BCUT2D eigenvalue weighted by molar-refractivity contribution is 5.91. The minimum absolute atomic E-state index is 0.420. The number of para-hydroxylation sites is 1. The molecule has 0 radical (unpaired) electrons. The SMILES string of the molecule is CCCc1cc(OC(=O)c2ccc(OC)cc2)n(-c2ccccc2C)n1. The second-order valence-corrected chi connectivity index (χ2v) is 6.04. The molecule has 26 heavy (non-hydrogen) atoms. The summed E-state index contributed by atoms with van der Waals surface area (Å²) >= 11 is 0. The molecule has 0 fully saturated rings. The van der Waals surface area contributed by atoms with Crippen molar-refractivity contribution < 1.29 is 14.3 Å². The van der Waals surface area contributed by atoms with Crippen LogP contribution >= 0.6 is 0 Å². The van der Waals surface area contributed by atoms with Gasteiger partial charge in [0.1, 0.15) is 5.75 Å². The van der Waals surface area contributed by atoms with Crippen molar-refractivity contribution in [2.45, 2.75) is 26.7 Å². The Labute approximate surface area is 153 Å². The molecule has 2 aromatic carbocycles. The molecule has 3 aromatic rings. The minimum Gasteiger partial charge on any atom is -0.497 e. The van der Waals surface area contributed by atoms with Crippen molar-refractivity contribution in [3.63, 3.8) is 0 Å². The molecule has 0 spiro atoms. The summed E-state index contributed by atoms with van der Waals surface area (Å²) < 4.78 is 12.5. The first-order valence-corrected chi connectivity index (χ1v) is 8.63. The standard InChI is InChI=1S/C21H22N2O3/c1-4-7-17-14-20(23(22-17)19-9-6-5-8-15(19)2)26-21(24)16-10-12-18(25-3)13-11-16/h5-6,8-14H,4,7H2,1-3H3. The summed E-state index contributed by atoms with van der Waals surface area (Å²) in [5.74, 6) is 0.686. The monoisotopic (exact) mass is 350 g/mol. The fraction of sp³-hybridized carbons (Fsp3) is 0.238. The smallest absolute Gasteiger partial charge is 0.344 e. The Kier molecular flexibility index (Phi) is 5.37.